The lowest BCUT2D eigenvalue weighted by molar-refractivity contribution is -0.135. The molecular formula is C12H13NO4. The van der Waals surface area contributed by atoms with E-state index in [0.717, 1.165) is 5.56 Å². The van der Waals surface area contributed by atoms with Gasteiger partial charge in [-0.3, -0.25) is 0 Å². The number of esters is 1. The third kappa shape index (κ3) is 2.33. The van der Waals surface area contributed by atoms with Gasteiger partial charge in [-0.1, -0.05) is 0 Å². The number of carbonyl (C=O) groups is 1. The van der Waals surface area contributed by atoms with Gasteiger partial charge in [-0.05, 0) is 18.2 Å². The third-order valence-electron chi connectivity index (χ3n) is 2.43. The maximum Gasteiger partial charge on any atom is 0.356 e. The Labute approximate surface area is 99.0 Å². The summed E-state index contributed by atoms with van der Waals surface area (Å²) in [6.07, 6.45) is 1.69. The zero-order chi connectivity index (χ0) is 12.3. The smallest absolute Gasteiger partial charge is 0.356 e. The predicted octanol–water partition coefficient (Wildman–Crippen LogP) is 1.15. The minimum absolute atomic E-state index is 0.211. The molecule has 0 atom stereocenters. The number of cyclic esters (lactones) is 1. The summed E-state index contributed by atoms with van der Waals surface area (Å²) in [4.78, 5) is 11.3. The van der Waals surface area contributed by atoms with Crippen LogP contribution in [0.25, 0.3) is 6.08 Å². The molecule has 1 fully saturated rings. The minimum atomic E-state index is -0.358. The first-order valence-electron chi connectivity index (χ1n) is 5.09. The molecule has 1 saturated heterocycles. The van der Waals surface area contributed by atoms with E-state index in [1.54, 1.807) is 32.4 Å². The van der Waals surface area contributed by atoms with Gasteiger partial charge in [0.1, 0.15) is 17.2 Å². The van der Waals surface area contributed by atoms with Gasteiger partial charge in [0.25, 0.3) is 0 Å². The second kappa shape index (κ2) is 4.78. The van der Waals surface area contributed by atoms with Gasteiger partial charge in [0, 0.05) is 11.6 Å². The largest absolute Gasteiger partial charge is 0.497 e. The van der Waals surface area contributed by atoms with Crippen LogP contribution in [0.1, 0.15) is 5.56 Å². The van der Waals surface area contributed by atoms with Crippen LogP contribution in [0.3, 0.4) is 0 Å². The van der Waals surface area contributed by atoms with Gasteiger partial charge in [-0.25, -0.2) is 4.79 Å². The van der Waals surface area contributed by atoms with Crippen molar-refractivity contribution in [3.05, 3.63) is 29.5 Å². The molecule has 1 N–H and O–H groups in total. The van der Waals surface area contributed by atoms with Gasteiger partial charge in [0.2, 0.25) is 0 Å². The zero-order valence-electron chi connectivity index (χ0n) is 9.65. The molecule has 0 radical (unpaired) electrons. The molecule has 5 nitrogen and oxygen atoms in total. The van der Waals surface area contributed by atoms with Crippen molar-refractivity contribution in [1.29, 1.82) is 0 Å². The SMILES string of the molecule is COc1ccc(/C=C2/NCOC2=O)c(OC)c1. The van der Waals surface area contributed by atoms with Gasteiger partial charge in [0.05, 0.1) is 14.2 Å². The maximum absolute atomic E-state index is 11.3. The maximum atomic E-state index is 11.3. The molecular weight excluding hydrogens is 222 g/mol. The lowest BCUT2D eigenvalue weighted by atomic mass is 10.1. The fourth-order valence-electron chi connectivity index (χ4n) is 1.53. The molecule has 0 aromatic heterocycles. The van der Waals surface area contributed by atoms with Gasteiger partial charge in [0.15, 0.2) is 6.73 Å². The number of methoxy groups -OCH3 is 2. The highest BCUT2D eigenvalue weighted by molar-refractivity contribution is 5.94. The van der Waals surface area contributed by atoms with E-state index in [1.165, 1.54) is 0 Å². The van der Waals surface area contributed by atoms with E-state index >= 15 is 0 Å². The van der Waals surface area contributed by atoms with Crippen LogP contribution in [-0.2, 0) is 9.53 Å². The van der Waals surface area contributed by atoms with Crippen molar-refractivity contribution in [3.8, 4) is 11.5 Å². The topological polar surface area (TPSA) is 56.8 Å². The van der Waals surface area contributed by atoms with Crippen LogP contribution in [0, 0.1) is 0 Å². The van der Waals surface area contributed by atoms with E-state index in [4.69, 9.17) is 14.2 Å². The summed E-state index contributed by atoms with van der Waals surface area (Å²) < 4.78 is 15.1. The van der Waals surface area contributed by atoms with Gasteiger partial charge >= 0.3 is 5.97 Å². The first-order chi connectivity index (χ1) is 8.24. The summed E-state index contributed by atoms with van der Waals surface area (Å²) in [5, 5.41) is 2.84. The van der Waals surface area contributed by atoms with Crippen LogP contribution in [-0.4, -0.2) is 26.9 Å². The predicted molar refractivity (Wildman–Crippen MR) is 61.6 cm³/mol. The number of ether oxygens (including phenoxy) is 3. The van der Waals surface area contributed by atoms with E-state index in [-0.39, 0.29) is 12.7 Å². The molecule has 1 aromatic carbocycles. The number of carbonyl (C=O) groups excluding carboxylic acids is 1. The normalized spacial score (nSPS) is 16.6. The first kappa shape index (κ1) is 11.3. The van der Waals surface area contributed by atoms with Crippen molar-refractivity contribution >= 4 is 12.0 Å². The fraction of sp³-hybridized carbons (Fsp3) is 0.250. The molecule has 0 saturated carbocycles. The third-order valence-corrected chi connectivity index (χ3v) is 2.43. The van der Waals surface area contributed by atoms with Crippen LogP contribution < -0.4 is 14.8 Å². The fourth-order valence-corrected chi connectivity index (χ4v) is 1.53. The summed E-state index contributed by atoms with van der Waals surface area (Å²) in [6.45, 7) is 0.211. The highest BCUT2D eigenvalue weighted by Crippen LogP contribution is 2.26. The van der Waals surface area contributed by atoms with Crippen molar-refractivity contribution < 1.29 is 19.0 Å². The molecule has 0 spiro atoms. The Bertz CT molecular complexity index is 468. The highest BCUT2D eigenvalue weighted by Gasteiger charge is 2.18. The van der Waals surface area contributed by atoms with E-state index in [2.05, 4.69) is 5.32 Å². The molecule has 1 aliphatic rings. The average molecular weight is 235 g/mol. The standard InChI is InChI=1S/C12H13NO4/c1-15-9-4-3-8(11(6-9)16-2)5-10-12(14)17-7-13-10/h3-6,13H,7H2,1-2H3/b10-5+. The van der Waals surface area contributed by atoms with Crippen molar-refractivity contribution in [1.82, 2.24) is 5.32 Å². The molecule has 1 aromatic rings. The first-order valence-corrected chi connectivity index (χ1v) is 5.09. The second-order valence-electron chi connectivity index (χ2n) is 3.42. The van der Waals surface area contributed by atoms with E-state index < -0.39 is 0 Å². The number of hydrogen-bond acceptors (Lipinski definition) is 5. The average Bonchev–Trinajstić information content (AvgIpc) is 2.75. The van der Waals surface area contributed by atoms with Crippen LogP contribution in [0.5, 0.6) is 11.5 Å². The van der Waals surface area contributed by atoms with Crippen molar-refractivity contribution in [2.45, 2.75) is 0 Å². The summed E-state index contributed by atoms with van der Waals surface area (Å²) >= 11 is 0. The van der Waals surface area contributed by atoms with Crippen LogP contribution in [0.4, 0.5) is 0 Å². The van der Waals surface area contributed by atoms with Crippen molar-refractivity contribution in [2.24, 2.45) is 0 Å². The molecule has 90 valence electrons. The van der Waals surface area contributed by atoms with Crippen LogP contribution in [0.15, 0.2) is 23.9 Å². The van der Waals surface area contributed by atoms with Gasteiger partial charge < -0.3 is 19.5 Å². The Hall–Kier alpha value is -2.17. The Balaban J connectivity index is 2.35. The Morgan fingerprint density at radius 3 is 2.76 bits per heavy atom. The van der Waals surface area contributed by atoms with Gasteiger partial charge in [-0.2, -0.15) is 0 Å². The number of hydrogen-bond donors (Lipinski definition) is 1. The Morgan fingerprint density at radius 2 is 2.18 bits per heavy atom. The molecule has 0 bridgehead atoms. The number of benzene rings is 1. The summed E-state index contributed by atoms with van der Waals surface area (Å²) in [6, 6.07) is 5.37. The molecule has 0 amide bonds. The van der Waals surface area contributed by atoms with Crippen molar-refractivity contribution in [2.75, 3.05) is 21.0 Å². The summed E-state index contributed by atoms with van der Waals surface area (Å²) in [5.74, 6) is 0.979. The molecule has 0 aliphatic carbocycles. The Kier molecular flexibility index (Phi) is 3.18. The molecule has 2 rings (SSSR count). The monoisotopic (exact) mass is 235 g/mol. The second-order valence-corrected chi connectivity index (χ2v) is 3.42. The number of nitrogens with one attached hydrogen (secondary N) is 1. The number of rotatable bonds is 3. The zero-order valence-corrected chi connectivity index (χ0v) is 9.65. The van der Waals surface area contributed by atoms with Crippen molar-refractivity contribution in [3.63, 3.8) is 0 Å². The lowest BCUT2D eigenvalue weighted by Crippen LogP contribution is -2.06. The van der Waals surface area contributed by atoms with E-state index in [0.29, 0.717) is 17.2 Å². The lowest BCUT2D eigenvalue weighted by Gasteiger charge is -2.07. The van der Waals surface area contributed by atoms with E-state index in [9.17, 15) is 4.79 Å². The molecule has 5 heteroatoms. The van der Waals surface area contributed by atoms with Crippen LogP contribution in [0.2, 0.25) is 0 Å². The Morgan fingerprint density at radius 1 is 1.35 bits per heavy atom. The quantitative estimate of drug-likeness (QED) is 0.629. The molecule has 1 aliphatic heterocycles. The summed E-state index contributed by atoms with van der Waals surface area (Å²) in [7, 11) is 3.15. The molecule has 17 heavy (non-hydrogen) atoms. The molecule has 1 heterocycles. The minimum Gasteiger partial charge on any atom is -0.497 e. The van der Waals surface area contributed by atoms with E-state index in [1.807, 2.05) is 6.07 Å². The van der Waals surface area contributed by atoms with Gasteiger partial charge in [-0.15, -0.1) is 0 Å². The van der Waals surface area contributed by atoms with Crippen LogP contribution >= 0.6 is 0 Å². The highest BCUT2D eigenvalue weighted by atomic mass is 16.6. The molecule has 0 unspecified atom stereocenters. The summed E-state index contributed by atoms with van der Waals surface area (Å²) in [5.41, 5.74) is 1.21.